The summed E-state index contributed by atoms with van der Waals surface area (Å²) in [4.78, 5) is 2.16. The third-order valence-corrected chi connectivity index (χ3v) is 4.85. The number of nitrogen functional groups attached to an aromatic ring is 1. The maximum Gasteiger partial charge on any atom is 0.246 e. The number of sulfonamides is 1. The summed E-state index contributed by atoms with van der Waals surface area (Å²) >= 11 is 0. The molecule has 0 fully saturated rings. The number of hydrogen-bond acceptors (Lipinski definition) is 5. The molecule has 0 aromatic heterocycles. The van der Waals surface area contributed by atoms with Gasteiger partial charge in [-0.1, -0.05) is 0 Å². The lowest BCUT2D eigenvalue weighted by Crippen LogP contribution is -2.30. The Bertz CT molecular complexity index is 544. The summed E-state index contributed by atoms with van der Waals surface area (Å²) in [6.07, 6.45) is 0.764. The molecule has 20 heavy (non-hydrogen) atoms. The molecule has 0 spiro atoms. The maximum atomic E-state index is 12.5. The molecule has 0 bridgehead atoms. The molecule has 114 valence electrons. The molecule has 7 heteroatoms. The Morgan fingerprint density at radius 3 is 2.40 bits per heavy atom. The zero-order valence-electron chi connectivity index (χ0n) is 12.5. The lowest BCUT2D eigenvalue weighted by molar-refractivity contribution is 0.367. The first kappa shape index (κ1) is 16.7. The Balaban J connectivity index is 2.92. The second-order valence-electron chi connectivity index (χ2n) is 4.89. The molecule has 0 unspecified atom stereocenters. The first-order valence-electron chi connectivity index (χ1n) is 6.33. The fourth-order valence-corrected chi connectivity index (χ4v) is 3.14. The van der Waals surface area contributed by atoms with Crippen LogP contribution in [0.15, 0.2) is 23.1 Å². The van der Waals surface area contributed by atoms with E-state index in [1.54, 1.807) is 13.1 Å². The van der Waals surface area contributed by atoms with Crippen molar-refractivity contribution in [3.05, 3.63) is 18.2 Å². The van der Waals surface area contributed by atoms with Crippen molar-refractivity contribution in [2.24, 2.45) is 0 Å². The molecule has 1 rings (SSSR count). The van der Waals surface area contributed by atoms with E-state index >= 15 is 0 Å². The van der Waals surface area contributed by atoms with Gasteiger partial charge in [0.25, 0.3) is 0 Å². The summed E-state index contributed by atoms with van der Waals surface area (Å²) in [5.74, 6) is 0.268. The van der Waals surface area contributed by atoms with Crippen molar-refractivity contribution in [1.29, 1.82) is 0 Å². The number of methoxy groups -OCH3 is 1. The Hall–Kier alpha value is -1.31. The van der Waals surface area contributed by atoms with Crippen LogP contribution >= 0.6 is 0 Å². The van der Waals surface area contributed by atoms with Gasteiger partial charge in [-0.25, -0.2) is 12.7 Å². The van der Waals surface area contributed by atoms with Crippen LogP contribution in [0.3, 0.4) is 0 Å². The fourth-order valence-electron chi connectivity index (χ4n) is 1.79. The van der Waals surface area contributed by atoms with Crippen LogP contribution in [0.1, 0.15) is 6.42 Å². The van der Waals surface area contributed by atoms with Crippen LogP contribution in [0.2, 0.25) is 0 Å². The van der Waals surface area contributed by atoms with E-state index < -0.39 is 10.0 Å². The van der Waals surface area contributed by atoms with Gasteiger partial charge < -0.3 is 15.4 Å². The average molecular weight is 301 g/mol. The number of benzene rings is 1. The summed E-state index contributed by atoms with van der Waals surface area (Å²) in [5.41, 5.74) is 6.11. The van der Waals surface area contributed by atoms with Crippen molar-refractivity contribution in [2.75, 3.05) is 47.1 Å². The molecule has 6 nitrogen and oxygen atoms in total. The second-order valence-corrected chi connectivity index (χ2v) is 6.91. The molecule has 1 aromatic rings. The molecule has 0 saturated carbocycles. The minimum absolute atomic E-state index is 0.140. The molecular weight excluding hydrogens is 278 g/mol. The Kier molecular flexibility index (Phi) is 5.79. The largest absolute Gasteiger partial charge is 0.495 e. The number of rotatable bonds is 7. The van der Waals surface area contributed by atoms with Crippen molar-refractivity contribution in [3.8, 4) is 5.75 Å². The highest BCUT2D eigenvalue weighted by molar-refractivity contribution is 7.89. The van der Waals surface area contributed by atoms with E-state index in [-0.39, 0.29) is 10.6 Å². The van der Waals surface area contributed by atoms with E-state index in [4.69, 9.17) is 10.5 Å². The Labute approximate surface area is 121 Å². The number of nitrogens with zero attached hydrogens (tertiary/aromatic N) is 2. The van der Waals surface area contributed by atoms with Crippen LogP contribution in [-0.4, -0.2) is 59.0 Å². The van der Waals surface area contributed by atoms with Crippen LogP contribution in [0.5, 0.6) is 5.75 Å². The summed E-state index contributed by atoms with van der Waals surface area (Å²) in [5, 5.41) is 0. The van der Waals surface area contributed by atoms with Gasteiger partial charge in [-0.05, 0) is 39.2 Å². The van der Waals surface area contributed by atoms with Gasteiger partial charge in [0.1, 0.15) is 10.6 Å². The molecule has 2 N–H and O–H groups in total. The molecule has 0 heterocycles. The summed E-state index contributed by atoms with van der Waals surface area (Å²) in [7, 11) is 3.35. The highest BCUT2D eigenvalue weighted by Crippen LogP contribution is 2.28. The number of hydrogen-bond donors (Lipinski definition) is 1. The lowest BCUT2D eigenvalue weighted by Gasteiger charge is -2.20. The van der Waals surface area contributed by atoms with Gasteiger partial charge in [0.15, 0.2) is 0 Å². The third-order valence-electron chi connectivity index (χ3n) is 2.95. The quantitative estimate of drug-likeness (QED) is 0.756. The third kappa shape index (κ3) is 4.09. The number of nitrogens with two attached hydrogens (primary N) is 1. The predicted molar refractivity (Wildman–Crippen MR) is 80.4 cm³/mol. The van der Waals surface area contributed by atoms with Crippen LogP contribution in [0.4, 0.5) is 5.69 Å². The molecule has 0 radical (unpaired) electrons. The van der Waals surface area contributed by atoms with Gasteiger partial charge in [0, 0.05) is 25.3 Å². The van der Waals surface area contributed by atoms with Gasteiger partial charge >= 0.3 is 0 Å². The number of anilines is 1. The minimum Gasteiger partial charge on any atom is -0.495 e. The van der Waals surface area contributed by atoms with Crippen LogP contribution < -0.4 is 10.5 Å². The normalized spacial score (nSPS) is 12.1. The second kappa shape index (κ2) is 6.92. The van der Waals surface area contributed by atoms with E-state index in [0.29, 0.717) is 12.2 Å². The van der Waals surface area contributed by atoms with Crippen molar-refractivity contribution < 1.29 is 13.2 Å². The topological polar surface area (TPSA) is 75.9 Å². The minimum atomic E-state index is -3.56. The van der Waals surface area contributed by atoms with E-state index in [0.717, 1.165) is 13.0 Å². The first-order valence-corrected chi connectivity index (χ1v) is 7.77. The number of ether oxygens (including phenoxy) is 1. The van der Waals surface area contributed by atoms with E-state index in [2.05, 4.69) is 0 Å². The lowest BCUT2D eigenvalue weighted by atomic mass is 10.3. The highest BCUT2D eigenvalue weighted by Gasteiger charge is 2.24. The molecule has 0 saturated heterocycles. The van der Waals surface area contributed by atoms with Crippen molar-refractivity contribution >= 4 is 15.7 Å². The monoisotopic (exact) mass is 301 g/mol. The SMILES string of the molecule is COc1cc(N)ccc1S(=O)(=O)N(C)CCCN(C)C. The smallest absolute Gasteiger partial charge is 0.246 e. The molecule has 0 amide bonds. The van der Waals surface area contributed by atoms with Crippen molar-refractivity contribution in [3.63, 3.8) is 0 Å². The summed E-state index contributed by atoms with van der Waals surface area (Å²) < 4.78 is 31.4. The zero-order valence-corrected chi connectivity index (χ0v) is 13.3. The Morgan fingerprint density at radius 1 is 1.20 bits per heavy atom. The van der Waals surface area contributed by atoms with Gasteiger partial charge in [-0.15, -0.1) is 0 Å². The maximum absolute atomic E-state index is 12.5. The van der Waals surface area contributed by atoms with Crippen molar-refractivity contribution in [1.82, 2.24) is 9.21 Å². The summed E-state index contributed by atoms with van der Waals surface area (Å²) in [6.45, 7) is 1.28. The fraction of sp³-hybridized carbons (Fsp3) is 0.538. The standard InChI is InChI=1S/C13H23N3O3S/c1-15(2)8-5-9-16(3)20(17,18)13-7-6-11(14)10-12(13)19-4/h6-7,10H,5,8-9,14H2,1-4H3. The first-order chi connectivity index (χ1) is 9.28. The van der Waals surface area contributed by atoms with Gasteiger partial charge in [-0.2, -0.15) is 0 Å². The molecule has 1 aromatic carbocycles. The summed E-state index contributed by atoms with van der Waals surface area (Å²) in [6, 6.07) is 4.55. The molecule has 0 atom stereocenters. The van der Waals surface area contributed by atoms with Crippen molar-refractivity contribution in [2.45, 2.75) is 11.3 Å². The van der Waals surface area contributed by atoms with Gasteiger partial charge in [0.05, 0.1) is 7.11 Å². The van der Waals surface area contributed by atoms with Crippen LogP contribution in [-0.2, 0) is 10.0 Å². The highest BCUT2D eigenvalue weighted by atomic mass is 32.2. The van der Waals surface area contributed by atoms with Crippen LogP contribution in [0, 0.1) is 0 Å². The van der Waals surface area contributed by atoms with E-state index in [1.165, 1.54) is 23.5 Å². The molecule has 0 aliphatic rings. The van der Waals surface area contributed by atoms with Crippen LogP contribution in [0.25, 0.3) is 0 Å². The van der Waals surface area contributed by atoms with Gasteiger partial charge in [-0.3, -0.25) is 0 Å². The van der Waals surface area contributed by atoms with E-state index in [1.807, 2.05) is 19.0 Å². The average Bonchev–Trinajstić information content (AvgIpc) is 2.37. The molecular formula is C13H23N3O3S. The zero-order chi connectivity index (χ0) is 15.3. The molecule has 0 aliphatic carbocycles. The Morgan fingerprint density at radius 2 is 1.85 bits per heavy atom. The van der Waals surface area contributed by atoms with Gasteiger partial charge in [0.2, 0.25) is 10.0 Å². The predicted octanol–water partition coefficient (Wildman–Crippen LogP) is 0.850. The van der Waals surface area contributed by atoms with E-state index in [9.17, 15) is 8.42 Å². The molecule has 0 aliphatic heterocycles.